The number of nitrogens with two attached hydrogens (primary N) is 1. The third-order valence-electron chi connectivity index (χ3n) is 5.55. The molecule has 2 aromatic carbocycles. The van der Waals surface area contributed by atoms with Gasteiger partial charge in [0.1, 0.15) is 5.82 Å². The molecule has 7 nitrogen and oxygen atoms in total. The van der Waals surface area contributed by atoms with E-state index in [0.717, 1.165) is 37.4 Å². The van der Waals surface area contributed by atoms with Gasteiger partial charge >= 0.3 is 0 Å². The molecule has 3 rings (SSSR count). The van der Waals surface area contributed by atoms with Gasteiger partial charge in [0.15, 0.2) is 5.96 Å². The van der Waals surface area contributed by atoms with Crippen LogP contribution >= 0.6 is 24.0 Å². The number of benzene rings is 2. The Morgan fingerprint density at radius 1 is 1.06 bits per heavy atom. The fraction of sp³-hybridized carbons (Fsp3) is 0.409. The van der Waals surface area contributed by atoms with Crippen LogP contribution in [0.2, 0.25) is 0 Å². The van der Waals surface area contributed by atoms with Crippen LogP contribution in [0.3, 0.4) is 0 Å². The second kappa shape index (κ2) is 11.3. The van der Waals surface area contributed by atoms with Crippen molar-refractivity contribution in [3.63, 3.8) is 0 Å². The van der Waals surface area contributed by atoms with Gasteiger partial charge < -0.3 is 15.5 Å². The van der Waals surface area contributed by atoms with Crippen molar-refractivity contribution < 1.29 is 12.8 Å². The number of nitrogens with zero attached hydrogens (tertiary/aromatic N) is 4. The van der Waals surface area contributed by atoms with E-state index in [1.807, 2.05) is 18.7 Å². The molecule has 0 unspecified atom stereocenters. The van der Waals surface area contributed by atoms with Crippen molar-refractivity contribution >= 4 is 45.6 Å². The Balaban J connectivity index is 0.00000363. The van der Waals surface area contributed by atoms with Gasteiger partial charge in [-0.15, -0.1) is 24.0 Å². The predicted molar refractivity (Wildman–Crippen MR) is 137 cm³/mol. The standard InChI is InChI=1S/C22H30FN5O2S.HI/c1-17(2)26(3)31(29,30)21-10-4-18(5-11-21)16-25-22(24)28-14-12-27(13-15-28)20-8-6-19(23)7-9-20;/h4-11,17H,12-16H2,1-3H3,(H2,24,25);1H. The number of guanidine groups is 1. The molecule has 2 N–H and O–H groups in total. The number of aliphatic imine (C=N–C) groups is 1. The minimum atomic E-state index is -3.49. The summed E-state index contributed by atoms with van der Waals surface area (Å²) in [6.45, 7) is 7.06. The molecular weight excluding hydrogens is 544 g/mol. The number of hydrogen-bond donors (Lipinski definition) is 1. The van der Waals surface area contributed by atoms with Crippen LogP contribution in [0.15, 0.2) is 58.4 Å². The highest BCUT2D eigenvalue weighted by atomic mass is 127. The summed E-state index contributed by atoms with van der Waals surface area (Å²) in [6.07, 6.45) is 0. The summed E-state index contributed by atoms with van der Waals surface area (Å²) in [7, 11) is -1.92. The fourth-order valence-corrected chi connectivity index (χ4v) is 4.70. The smallest absolute Gasteiger partial charge is 0.243 e. The summed E-state index contributed by atoms with van der Waals surface area (Å²) in [5, 5.41) is 0. The third-order valence-corrected chi connectivity index (χ3v) is 7.59. The zero-order valence-corrected chi connectivity index (χ0v) is 21.8. The van der Waals surface area contributed by atoms with Crippen LogP contribution in [0.4, 0.5) is 10.1 Å². The monoisotopic (exact) mass is 575 g/mol. The highest BCUT2D eigenvalue weighted by Crippen LogP contribution is 2.18. The summed E-state index contributed by atoms with van der Waals surface area (Å²) in [5.41, 5.74) is 8.06. The molecule has 176 valence electrons. The molecule has 0 spiro atoms. The van der Waals surface area contributed by atoms with Crippen molar-refractivity contribution in [2.24, 2.45) is 10.7 Å². The summed E-state index contributed by atoms with van der Waals surface area (Å²) in [6, 6.07) is 13.1. The summed E-state index contributed by atoms with van der Waals surface area (Å²) in [4.78, 5) is 8.96. The molecule has 0 aromatic heterocycles. The van der Waals surface area contributed by atoms with Gasteiger partial charge in [-0.05, 0) is 55.8 Å². The Labute approximate surface area is 207 Å². The lowest BCUT2D eigenvalue weighted by Gasteiger charge is -2.36. The van der Waals surface area contributed by atoms with Gasteiger partial charge in [-0.1, -0.05) is 12.1 Å². The molecule has 1 saturated heterocycles. The van der Waals surface area contributed by atoms with Crippen molar-refractivity contribution in [2.45, 2.75) is 31.3 Å². The molecule has 1 aliphatic rings. The van der Waals surface area contributed by atoms with Gasteiger partial charge in [0.05, 0.1) is 11.4 Å². The van der Waals surface area contributed by atoms with Crippen molar-refractivity contribution in [1.82, 2.24) is 9.21 Å². The normalized spacial score (nSPS) is 15.2. The minimum absolute atomic E-state index is 0. The van der Waals surface area contributed by atoms with Crippen LogP contribution in [0.1, 0.15) is 19.4 Å². The first-order chi connectivity index (χ1) is 14.7. The van der Waals surface area contributed by atoms with Crippen molar-refractivity contribution in [1.29, 1.82) is 0 Å². The van der Waals surface area contributed by atoms with Gasteiger partial charge in [-0.3, -0.25) is 0 Å². The lowest BCUT2D eigenvalue weighted by molar-refractivity contribution is 0.380. The first kappa shape index (κ1) is 26.3. The maximum absolute atomic E-state index is 13.1. The molecule has 0 radical (unpaired) electrons. The summed E-state index contributed by atoms with van der Waals surface area (Å²) >= 11 is 0. The first-order valence-corrected chi connectivity index (χ1v) is 11.7. The molecule has 0 bridgehead atoms. The maximum atomic E-state index is 13.1. The second-order valence-electron chi connectivity index (χ2n) is 7.88. The minimum Gasteiger partial charge on any atom is -0.370 e. The average molecular weight is 575 g/mol. The Hall–Kier alpha value is -1.92. The number of rotatable bonds is 6. The van der Waals surface area contributed by atoms with E-state index < -0.39 is 10.0 Å². The summed E-state index contributed by atoms with van der Waals surface area (Å²) in [5.74, 6) is 0.228. The Morgan fingerprint density at radius 2 is 1.62 bits per heavy atom. The van der Waals surface area contributed by atoms with Gasteiger partial charge in [-0.2, -0.15) is 4.31 Å². The molecule has 0 atom stereocenters. The van der Waals surface area contributed by atoms with Gasteiger partial charge in [0.2, 0.25) is 10.0 Å². The molecular formula is C22H31FIN5O2S. The average Bonchev–Trinajstić information content (AvgIpc) is 2.77. The largest absolute Gasteiger partial charge is 0.370 e. The van der Waals surface area contributed by atoms with Gasteiger partial charge in [0.25, 0.3) is 0 Å². The molecule has 1 fully saturated rings. The number of sulfonamides is 1. The van der Waals surface area contributed by atoms with Crippen molar-refractivity contribution in [3.05, 3.63) is 59.9 Å². The van der Waals surface area contributed by atoms with E-state index in [1.165, 1.54) is 16.4 Å². The van der Waals surface area contributed by atoms with Crippen LogP contribution in [0.5, 0.6) is 0 Å². The van der Waals surface area contributed by atoms with E-state index >= 15 is 0 Å². The Bertz CT molecular complexity index is 1010. The van der Waals surface area contributed by atoms with Crippen LogP contribution < -0.4 is 10.6 Å². The quantitative estimate of drug-likeness (QED) is 0.326. The summed E-state index contributed by atoms with van der Waals surface area (Å²) < 4.78 is 39.6. The van der Waals surface area contributed by atoms with Crippen LogP contribution in [0.25, 0.3) is 0 Å². The molecule has 32 heavy (non-hydrogen) atoms. The first-order valence-electron chi connectivity index (χ1n) is 10.3. The molecule has 0 aliphatic carbocycles. The predicted octanol–water partition coefficient (Wildman–Crippen LogP) is 3.11. The molecule has 1 heterocycles. The number of hydrogen-bond acceptors (Lipinski definition) is 4. The zero-order valence-electron chi connectivity index (χ0n) is 18.6. The molecule has 1 aliphatic heterocycles. The van der Waals surface area contributed by atoms with E-state index in [9.17, 15) is 12.8 Å². The molecule has 2 aromatic rings. The van der Waals surface area contributed by atoms with Crippen molar-refractivity contribution in [2.75, 3.05) is 38.1 Å². The van der Waals surface area contributed by atoms with Crippen molar-refractivity contribution in [3.8, 4) is 0 Å². The lowest BCUT2D eigenvalue weighted by atomic mass is 10.2. The highest BCUT2D eigenvalue weighted by Gasteiger charge is 2.23. The van der Waals surface area contributed by atoms with Crippen LogP contribution in [-0.4, -0.2) is 62.9 Å². The second-order valence-corrected chi connectivity index (χ2v) is 9.88. The Morgan fingerprint density at radius 3 is 2.16 bits per heavy atom. The van der Waals surface area contributed by atoms with Crippen LogP contribution in [-0.2, 0) is 16.6 Å². The fourth-order valence-electron chi connectivity index (χ4n) is 3.33. The van der Waals surface area contributed by atoms with Gasteiger partial charge in [0, 0.05) is 45.0 Å². The number of piperazine rings is 1. The maximum Gasteiger partial charge on any atom is 0.243 e. The SMILES string of the molecule is CC(C)N(C)S(=O)(=O)c1ccc(CN=C(N)N2CCN(c3ccc(F)cc3)CC2)cc1.I. The van der Waals surface area contributed by atoms with Gasteiger partial charge in [-0.25, -0.2) is 17.8 Å². The number of anilines is 1. The topological polar surface area (TPSA) is 82.2 Å². The number of halogens is 2. The van der Waals surface area contributed by atoms with E-state index in [-0.39, 0.29) is 40.7 Å². The van der Waals surface area contributed by atoms with E-state index in [2.05, 4.69) is 9.89 Å². The van der Waals surface area contributed by atoms with E-state index in [0.29, 0.717) is 12.5 Å². The lowest BCUT2D eigenvalue weighted by Crippen LogP contribution is -2.51. The highest BCUT2D eigenvalue weighted by molar-refractivity contribution is 14.0. The molecule has 0 saturated carbocycles. The van der Waals surface area contributed by atoms with E-state index in [1.54, 1.807) is 43.4 Å². The zero-order chi connectivity index (χ0) is 22.6. The third kappa shape index (κ3) is 6.32. The molecule has 10 heteroatoms. The molecule has 0 amide bonds. The van der Waals surface area contributed by atoms with Crippen LogP contribution in [0, 0.1) is 5.82 Å². The van der Waals surface area contributed by atoms with E-state index in [4.69, 9.17) is 5.73 Å². The Kier molecular flexibility index (Phi) is 9.28.